The fourth-order valence-electron chi connectivity index (χ4n) is 1.25. The van der Waals surface area contributed by atoms with E-state index in [9.17, 15) is 5.11 Å². The SMILES string of the molecule is Oc1ccc(CNc2ccsc2)cc1O. The van der Waals surface area contributed by atoms with Crippen LogP contribution in [0.5, 0.6) is 11.5 Å². The van der Waals surface area contributed by atoms with Crippen LogP contribution in [0.4, 0.5) is 5.69 Å². The molecule has 0 radical (unpaired) electrons. The van der Waals surface area contributed by atoms with Crippen molar-refractivity contribution in [1.82, 2.24) is 0 Å². The molecule has 0 aliphatic carbocycles. The largest absolute Gasteiger partial charge is 0.504 e. The maximum Gasteiger partial charge on any atom is 0.157 e. The molecule has 3 N–H and O–H groups in total. The monoisotopic (exact) mass is 221 g/mol. The van der Waals surface area contributed by atoms with E-state index in [2.05, 4.69) is 5.32 Å². The van der Waals surface area contributed by atoms with Crippen molar-refractivity contribution in [2.24, 2.45) is 0 Å². The van der Waals surface area contributed by atoms with Gasteiger partial charge in [-0.2, -0.15) is 11.3 Å². The van der Waals surface area contributed by atoms with Crippen LogP contribution in [0.3, 0.4) is 0 Å². The number of phenolic OH excluding ortho intramolecular Hbond substituents is 2. The van der Waals surface area contributed by atoms with Gasteiger partial charge in [-0.05, 0) is 29.1 Å². The van der Waals surface area contributed by atoms with Crippen molar-refractivity contribution >= 4 is 17.0 Å². The molecular weight excluding hydrogens is 210 g/mol. The highest BCUT2D eigenvalue weighted by atomic mass is 32.1. The first-order chi connectivity index (χ1) is 7.25. The van der Waals surface area contributed by atoms with Crippen molar-refractivity contribution in [3.05, 3.63) is 40.6 Å². The van der Waals surface area contributed by atoms with Gasteiger partial charge in [0.1, 0.15) is 0 Å². The smallest absolute Gasteiger partial charge is 0.157 e. The van der Waals surface area contributed by atoms with Crippen LogP contribution in [0.1, 0.15) is 5.56 Å². The Morgan fingerprint density at radius 2 is 2.00 bits per heavy atom. The van der Waals surface area contributed by atoms with E-state index >= 15 is 0 Å². The van der Waals surface area contributed by atoms with Gasteiger partial charge in [-0.15, -0.1) is 0 Å². The third-order valence-electron chi connectivity index (χ3n) is 2.06. The number of anilines is 1. The summed E-state index contributed by atoms with van der Waals surface area (Å²) in [5, 5.41) is 25.6. The Morgan fingerprint density at radius 1 is 1.13 bits per heavy atom. The lowest BCUT2D eigenvalue weighted by Crippen LogP contribution is -1.97. The molecule has 0 saturated heterocycles. The third-order valence-corrected chi connectivity index (χ3v) is 2.74. The van der Waals surface area contributed by atoms with E-state index in [1.54, 1.807) is 23.5 Å². The number of benzene rings is 1. The molecule has 0 fully saturated rings. The van der Waals surface area contributed by atoms with Crippen molar-refractivity contribution in [2.75, 3.05) is 5.32 Å². The molecule has 0 bridgehead atoms. The van der Waals surface area contributed by atoms with Gasteiger partial charge in [-0.3, -0.25) is 0 Å². The molecule has 1 aromatic heterocycles. The van der Waals surface area contributed by atoms with E-state index in [-0.39, 0.29) is 11.5 Å². The molecule has 2 aromatic rings. The zero-order chi connectivity index (χ0) is 10.7. The van der Waals surface area contributed by atoms with Crippen molar-refractivity contribution in [3.8, 4) is 11.5 Å². The van der Waals surface area contributed by atoms with Crippen LogP contribution >= 0.6 is 11.3 Å². The second-order valence-electron chi connectivity index (χ2n) is 3.19. The average molecular weight is 221 g/mol. The molecule has 0 unspecified atom stereocenters. The Balaban J connectivity index is 2.02. The molecule has 1 heterocycles. The number of phenols is 2. The maximum atomic E-state index is 9.28. The predicted octanol–water partition coefficient (Wildman–Crippen LogP) is 2.77. The van der Waals surface area contributed by atoms with Gasteiger partial charge in [0.05, 0.1) is 0 Å². The van der Waals surface area contributed by atoms with Gasteiger partial charge in [-0.25, -0.2) is 0 Å². The lowest BCUT2D eigenvalue weighted by molar-refractivity contribution is 0.403. The summed E-state index contributed by atoms with van der Waals surface area (Å²) in [5.41, 5.74) is 1.99. The normalized spacial score (nSPS) is 10.1. The molecule has 2 rings (SSSR count). The van der Waals surface area contributed by atoms with Gasteiger partial charge < -0.3 is 15.5 Å². The Morgan fingerprint density at radius 3 is 2.67 bits per heavy atom. The Labute approximate surface area is 91.6 Å². The van der Waals surface area contributed by atoms with Crippen molar-refractivity contribution in [3.63, 3.8) is 0 Å². The summed E-state index contributed by atoms with van der Waals surface area (Å²) >= 11 is 1.63. The molecule has 3 nitrogen and oxygen atoms in total. The lowest BCUT2D eigenvalue weighted by Gasteiger charge is -2.05. The zero-order valence-electron chi connectivity index (χ0n) is 7.97. The summed E-state index contributed by atoms with van der Waals surface area (Å²) in [6.45, 7) is 0.630. The number of aromatic hydroxyl groups is 2. The van der Waals surface area contributed by atoms with Gasteiger partial charge in [0.15, 0.2) is 11.5 Å². The molecule has 1 aromatic carbocycles. The van der Waals surface area contributed by atoms with Crippen LogP contribution in [-0.4, -0.2) is 10.2 Å². The van der Waals surface area contributed by atoms with Crippen LogP contribution in [-0.2, 0) is 6.54 Å². The number of nitrogens with one attached hydrogen (secondary N) is 1. The minimum Gasteiger partial charge on any atom is -0.504 e. The van der Waals surface area contributed by atoms with Crippen molar-refractivity contribution < 1.29 is 10.2 Å². The maximum absolute atomic E-state index is 9.28. The fraction of sp³-hybridized carbons (Fsp3) is 0.0909. The topological polar surface area (TPSA) is 52.5 Å². The van der Waals surface area contributed by atoms with E-state index in [0.717, 1.165) is 11.3 Å². The molecule has 0 saturated carbocycles. The first kappa shape index (κ1) is 9.86. The lowest BCUT2D eigenvalue weighted by atomic mass is 10.2. The second-order valence-corrected chi connectivity index (χ2v) is 3.97. The van der Waals surface area contributed by atoms with Crippen LogP contribution in [0.2, 0.25) is 0 Å². The van der Waals surface area contributed by atoms with Crippen LogP contribution in [0.25, 0.3) is 0 Å². The van der Waals surface area contributed by atoms with E-state index in [1.807, 2.05) is 16.8 Å². The molecule has 0 aliphatic heterocycles. The third kappa shape index (κ3) is 2.41. The highest BCUT2D eigenvalue weighted by molar-refractivity contribution is 7.08. The van der Waals surface area contributed by atoms with Gasteiger partial charge in [0.2, 0.25) is 0 Å². The van der Waals surface area contributed by atoms with Crippen LogP contribution in [0, 0.1) is 0 Å². The minimum atomic E-state index is -0.0886. The first-order valence-electron chi connectivity index (χ1n) is 4.52. The number of rotatable bonds is 3. The average Bonchev–Trinajstić information content (AvgIpc) is 2.73. The summed E-state index contributed by atoms with van der Waals surface area (Å²) in [6, 6.07) is 6.80. The van der Waals surface area contributed by atoms with Crippen LogP contribution < -0.4 is 5.32 Å². The molecule has 0 spiro atoms. The van der Waals surface area contributed by atoms with E-state index in [1.165, 1.54) is 6.07 Å². The molecule has 4 heteroatoms. The van der Waals surface area contributed by atoms with E-state index in [0.29, 0.717) is 6.54 Å². The summed E-state index contributed by atoms with van der Waals surface area (Å²) in [6.07, 6.45) is 0. The molecule has 0 atom stereocenters. The standard InChI is InChI=1S/C11H11NO2S/c13-10-2-1-8(5-11(10)14)6-12-9-3-4-15-7-9/h1-5,7,12-14H,6H2. The van der Waals surface area contributed by atoms with E-state index in [4.69, 9.17) is 5.11 Å². The number of hydrogen-bond donors (Lipinski definition) is 3. The van der Waals surface area contributed by atoms with Gasteiger partial charge >= 0.3 is 0 Å². The summed E-state index contributed by atoms with van der Waals surface area (Å²) in [7, 11) is 0. The minimum absolute atomic E-state index is 0.0837. The molecule has 15 heavy (non-hydrogen) atoms. The number of thiophene rings is 1. The number of hydrogen-bond acceptors (Lipinski definition) is 4. The highest BCUT2D eigenvalue weighted by Crippen LogP contribution is 2.25. The van der Waals surface area contributed by atoms with Crippen molar-refractivity contribution in [1.29, 1.82) is 0 Å². The summed E-state index contributed by atoms with van der Waals surface area (Å²) in [5.74, 6) is -0.172. The Kier molecular flexibility index (Phi) is 2.78. The predicted molar refractivity (Wildman–Crippen MR) is 61.4 cm³/mol. The second kappa shape index (κ2) is 4.23. The molecule has 0 amide bonds. The van der Waals surface area contributed by atoms with Gasteiger partial charge in [0.25, 0.3) is 0 Å². The van der Waals surface area contributed by atoms with E-state index < -0.39 is 0 Å². The Hall–Kier alpha value is -1.68. The quantitative estimate of drug-likeness (QED) is 0.698. The highest BCUT2D eigenvalue weighted by Gasteiger charge is 2.00. The van der Waals surface area contributed by atoms with Gasteiger partial charge in [0, 0.05) is 17.6 Å². The Bertz CT molecular complexity index is 440. The first-order valence-corrected chi connectivity index (χ1v) is 5.47. The summed E-state index contributed by atoms with van der Waals surface area (Å²) in [4.78, 5) is 0. The molecule has 78 valence electrons. The summed E-state index contributed by atoms with van der Waals surface area (Å²) < 4.78 is 0. The zero-order valence-corrected chi connectivity index (χ0v) is 8.79. The van der Waals surface area contributed by atoms with Gasteiger partial charge in [-0.1, -0.05) is 6.07 Å². The van der Waals surface area contributed by atoms with Crippen LogP contribution in [0.15, 0.2) is 35.0 Å². The molecular formula is C11H11NO2S. The fourth-order valence-corrected chi connectivity index (χ4v) is 1.86. The van der Waals surface area contributed by atoms with Crippen molar-refractivity contribution in [2.45, 2.75) is 6.54 Å². The molecule has 0 aliphatic rings.